The Morgan fingerprint density at radius 2 is 0.740 bits per heavy atom. The van der Waals surface area contributed by atoms with Gasteiger partial charge in [0.25, 0.3) is 0 Å². The molecule has 0 spiro atoms. The standard InChI is InChI=1S/C26H24ClFN6.C25H22ClFN6.C25H22F2N6/c1-3-34-14-16(12-30-34)23-24-20(19-9-6-17(27)10-21(19)31-24)11-26(2,33-23)25-29-13-22(32-25)15-4-7-18(28)8-5-15;1-25(24-28-12-21(31-24)14-3-6-17(27)7-4-14)10-19-18-8-5-16(26)9-20(18)30-23(19)22(32-25)15-11-29-33(2)13-15;1-25(24-28-12-21(31-24)14-3-5-16(26)6-4-14)10-19-18-8-7-17(27)9-20(18)30-23(19)22(32-25)15-11-29-33(2)13-15/h4-10,12-14,23,31,33H,3,11H2,1-2H3,(H,29,32);2*3-9,11-13,22,30,32H,10H2,1-2H3,(H,28,31)/t23?,26-;2*22?,25-/m111/s1. The van der Waals surface area contributed by atoms with Crippen molar-refractivity contribution in [1.82, 2.24) is 90.1 Å². The van der Waals surface area contributed by atoms with E-state index in [1.807, 2.05) is 91.0 Å². The first-order valence-corrected chi connectivity index (χ1v) is 33.6. The third-order valence-electron chi connectivity index (χ3n) is 19.7. The first kappa shape index (κ1) is 64.1. The summed E-state index contributed by atoms with van der Waals surface area (Å²) in [5.41, 5.74) is 16.5. The second-order valence-corrected chi connectivity index (χ2v) is 27.7. The summed E-state index contributed by atoms with van der Waals surface area (Å²) in [7, 11) is 3.80. The van der Waals surface area contributed by atoms with Crippen molar-refractivity contribution in [2.45, 2.75) is 88.2 Å². The molecule has 0 bridgehead atoms. The second kappa shape index (κ2) is 25.0. The van der Waals surface area contributed by atoms with E-state index in [-0.39, 0.29) is 41.4 Å². The van der Waals surface area contributed by atoms with Crippen molar-refractivity contribution in [1.29, 1.82) is 0 Å². The average molecular weight is 1380 g/mol. The number of benzene rings is 6. The van der Waals surface area contributed by atoms with Gasteiger partial charge in [-0.05, 0) is 176 Å². The summed E-state index contributed by atoms with van der Waals surface area (Å²) in [5, 5.41) is 29.4. The first-order chi connectivity index (χ1) is 48.2. The molecule has 0 amide bonds. The average Bonchev–Trinajstić information content (AvgIpc) is 1.58. The quantitative estimate of drug-likeness (QED) is 0.0593. The van der Waals surface area contributed by atoms with Gasteiger partial charge in [0.15, 0.2) is 0 Å². The van der Waals surface area contributed by atoms with E-state index in [9.17, 15) is 17.6 Å². The largest absolute Gasteiger partial charge is 0.357 e. The molecule has 18 nitrogen and oxygen atoms in total. The zero-order valence-corrected chi connectivity index (χ0v) is 56.7. The van der Waals surface area contributed by atoms with Crippen LogP contribution < -0.4 is 16.0 Å². The van der Waals surface area contributed by atoms with Crippen LogP contribution in [0.25, 0.3) is 66.5 Å². The lowest BCUT2D eigenvalue weighted by Gasteiger charge is -2.38. The van der Waals surface area contributed by atoms with E-state index in [1.54, 1.807) is 53.5 Å². The molecule has 100 heavy (non-hydrogen) atoms. The normalized spacial score (nSPS) is 20.2. The minimum Gasteiger partial charge on any atom is -0.357 e. The fourth-order valence-corrected chi connectivity index (χ4v) is 15.0. The highest BCUT2D eigenvalue weighted by atomic mass is 35.5. The number of aromatic nitrogens is 15. The Hall–Kier alpha value is -10.6. The maximum absolute atomic E-state index is 13.9. The number of hydrogen-bond acceptors (Lipinski definition) is 9. The van der Waals surface area contributed by atoms with Crippen molar-refractivity contribution in [2.75, 3.05) is 0 Å². The summed E-state index contributed by atoms with van der Waals surface area (Å²) in [6.07, 6.45) is 19.2. The van der Waals surface area contributed by atoms with Crippen molar-refractivity contribution >= 4 is 55.9 Å². The Labute approximate surface area is 581 Å². The zero-order chi connectivity index (χ0) is 68.9. The van der Waals surface area contributed by atoms with Crippen molar-refractivity contribution in [3.8, 4) is 33.8 Å². The monoisotopic (exact) mass is 1380 g/mol. The van der Waals surface area contributed by atoms with E-state index < -0.39 is 16.6 Å². The number of aromatic amines is 6. The van der Waals surface area contributed by atoms with Crippen LogP contribution in [0, 0.1) is 23.3 Å². The van der Waals surface area contributed by atoms with E-state index in [2.05, 4.69) is 107 Å². The number of imidazole rings is 3. The van der Waals surface area contributed by atoms with Crippen molar-refractivity contribution < 1.29 is 17.6 Å². The summed E-state index contributed by atoms with van der Waals surface area (Å²) in [6, 6.07) is 35.6. The van der Waals surface area contributed by atoms with Gasteiger partial charge in [0, 0.05) is 135 Å². The minimum absolute atomic E-state index is 0.0976. The lowest BCUT2D eigenvalue weighted by Crippen LogP contribution is -2.48. The van der Waals surface area contributed by atoms with Gasteiger partial charge in [-0.25, -0.2) is 32.5 Å². The van der Waals surface area contributed by atoms with Crippen LogP contribution in [0.4, 0.5) is 17.6 Å². The van der Waals surface area contributed by atoms with Gasteiger partial charge in [-0.2, -0.15) is 15.3 Å². The van der Waals surface area contributed by atoms with Gasteiger partial charge < -0.3 is 29.9 Å². The van der Waals surface area contributed by atoms with Gasteiger partial charge in [-0.1, -0.05) is 35.3 Å². The molecule has 3 unspecified atom stereocenters. The summed E-state index contributed by atoms with van der Waals surface area (Å²) in [5.74, 6) is 1.36. The van der Waals surface area contributed by atoms with Gasteiger partial charge in [0.1, 0.15) is 40.7 Å². The van der Waals surface area contributed by atoms with Crippen molar-refractivity contribution in [2.24, 2.45) is 14.1 Å². The molecular weight excluding hydrogens is 1310 g/mol. The molecule has 0 radical (unpaired) electrons. The Morgan fingerprint density at radius 3 is 1.08 bits per heavy atom. The third kappa shape index (κ3) is 11.9. The Kier molecular flexibility index (Phi) is 16.0. The molecule has 9 N–H and O–H groups in total. The number of halogens is 6. The van der Waals surface area contributed by atoms with Crippen molar-refractivity contribution in [3.63, 3.8) is 0 Å². The van der Waals surface area contributed by atoms with Crippen LogP contribution in [0.2, 0.25) is 10.0 Å². The van der Waals surface area contributed by atoms with Crippen LogP contribution >= 0.6 is 23.2 Å². The number of fused-ring (bicyclic) bond motifs is 9. The molecule has 3 aliphatic rings. The van der Waals surface area contributed by atoms with E-state index in [1.165, 1.54) is 59.7 Å². The van der Waals surface area contributed by atoms with Gasteiger partial charge in [-0.3, -0.25) is 30.0 Å². The topological polar surface area (TPSA) is 223 Å². The molecule has 0 saturated heterocycles. The van der Waals surface area contributed by atoms with Gasteiger partial charge in [-0.15, -0.1) is 0 Å². The molecule has 3 aliphatic heterocycles. The highest BCUT2D eigenvalue weighted by molar-refractivity contribution is 6.31. The molecule has 6 atom stereocenters. The zero-order valence-electron chi connectivity index (χ0n) is 55.2. The van der Waals surface area contributed by atoms with E-state index in [0.29, 0.717) is 16.5 Å². The van der Waals surface area contributed by atoms with Crippen molar-refractivity contribution in [3.05, 3.63) is 284 Å². The highest BCUT2D eigenvalue weighted by Gasteiger charge is 2.45. The summed E-state index contributed by atoms with van der Waals surface area (Å²) in [4.78, 5) is 35.2. The molecule has 12 heterocycles. The van der Waals surface area contributed by atoms with Crippen LogP contribution in [0.3, 0.4) is 0 Å². The van der Waals surface area contributed by atoms with Crippen LogP contribution in [-0.4, -0.2) is 74.2 Å². The van der Waals surface area contributed by atoms with Gasteiger partial charge in [0.05, 0.1) is 89.0 Å². The maximum atomic E-state index is 13.9. The Balaban J connectivity index is 0.000000117. The molecule has 6 aromatic carbocycles. The third-order valence-corrected chi connectivity index (χ3v) is 20.2. The maximum Gasteiger partial charge on any atom is 0.126 e. The molecule has 504 valence electrons. The number of aryl methyl sites for hydroxylation is 3. The Bertz CT molecular complexity index is 5310. The Morgan fingerprint density at radius 1 is 0.410 bits per heavy atom. The lowest BCUT2D eigenvalue weighted by atomic mass is 9.82. The van der Waals surface area contributed by atoms with E-state index >= 15 is 0 Å². The molecule has 9 aromatic heterocycles. The predicted octanol–water partition coefficient (Wildman–Crippen LogP) is 15.7. The summed E-state index contributed by atoms with van der Waals surface area (Å²) >= 11 is 12.6. The molecule has 18 rings (SSSR count). The molecular formula is C76H68Cl2F4N18. The number of hydrogen-bond donors (Lipinski definition) is 9. The number of rotatable bonds is 10. The lowest BCUT2D eigenvalue weighted by molar-refractivity contribution is 0.296. The molecule has 0 fully saturated rings. The number of nitrogens with zero attached hydrogens (tertiary/aromatic N) is 9. The summed E-state index contributed by atoms with van der Waals surface area (Å²) < 4.78 is 59.6. The molecule has 0 aliphatic carbocycles. The van der Waals surface area contributed by atoms with Crippen LogP contribution in [0.1, 0.15) is 114 Å². The fourth-order valence-electron chi connectivity index (χ4n) is 14.7. The molecule has 24 heteroatoms. The van der Waals surface area contributed by atoms with Crippen LogP contribution in [-0.2, 0) is 56.5 Å². The fraction of sp³-hybridized carbons (Fsp3) is 0.211. The van der Waals surface area contributed by atoms with Crippen LogP contribution in [0.5, 0.6) is 0 Å². The number of nitrogens with one attached hydrogen (secondary N) is 9. The SMILES string of the molecule is CCn1cc(C2N[C@@](C)(c3ncc(-c4ccc(F)cc4)[nH]3)Cc3c2[nH]c2cc(Cl)ccc32)cn1.Cn1cc(C2N[C@@](C)(c3ncc(-c4ccc(F)cc4)[nH]3)Cc3c2[nH]c2cc(Cl)ccc32)cn1.Cn1cc(C2N[C@@](C)(c3ncc(-c4ccc(F)cc4)[nH]3)Cc3c2[nH]c2cc(F)ccc32)cn1. The minimum atomic E-state index is -0.532. The number of H-pyrrole nitrogens is 6. The molecule has 0 saturated carbocycles. The first-order valence-electron chi connectivity index (χ1n) is 32.9. The van der Waals surface area contributed by atoms with Gasteiger partial charge in [0.2, 0.25) is 0 Å². The van der Waals surface area contributed by atoms with E-state index in [0.717, 1.165) is 143 Å². The smallest absolute Gasteiger partial charge is 0.126 e. The second-order valence-electron chi connectivity index (χ2n) is 26.9. The van der Waals surface area contributed by atoms with Gasteiger partial charge >= 0.3 is 0 Å². The van der Waals surface area contributed by atoms with E-state index in [4.69, 9.17) is 38.2 Å². The van der Waals surface area contributed by atoms with Crippen LogP contribution in [0.15, 0.2) is 183 Å². The predicted molar refractivity (Wildman–Crippen MR) is 379 cm³/mol. The summed E-state index contributed by atoms with van der Waals surface area (Å²) in [6.45, 7) is 9.30. The molecule has 15 aromatic rings. The highest BCUT2D eigenvalue weighted by Crippen LogP contribution is 2.46.